The van der Waals surface area contributed by atoms with E-state index in [1.807, 2.05) is 0 Å². The van der Waals surface area contributed by atoms with Gasteiger partial charge in [0.15, 0.2) is 5.78 Å². The Morgan fingerprint density at radius 3 is 1.48 bits per heavy atom. The molecule has 0 rings (SSSR count). The number of esters is 2. The van der Waals surface area contributed by atoms with Crippen molar-refractivity contribution >= 4 is 17.7 Å². The molecule has 0 N–H and O–H groups in total. The van der Waals surface area contributed by atoms with Crippen molar-refractivity contribution in [2.45, 2.75) is 85.5 Å². The van der Waals surface area contributed by atoms with Gasteiger partial charge in [0, 0.05) is 6.42 Å². The molecule has 0 aliphatic rings. The van der Waals surface area contributed by atoms with Crippen LogP contribution in [0.5, 0.6) is 0 Å². The molecule has 0 spiro atoms. The van der Waals surface area contributed by atoms with Crippen molar-refractivity contribution in [2.24, 2.45) is 23.7 Å². The largest absolute Gasteiger partial charge is 0.468 e. The number of ketones is 1. The maximum Gasteiger partial charge on any atom is 0.327 e. The fourth-order valence-electron chi connectivity index (χ4n) is 3.34. The zero-order valence-corrected chi connectivity index (χ0v) is 18.2. The van der Waals surface area contributed by atoms with Gasteiger partial charge in [-0.15, -0.1) is 0 Å². The fourth-order valence-corrected chi connectivity index (χ4v) is 3.34. The molecule has 5 heteroatoms. The highest BCUT2D eigenvalue weighted by atomic mass is 16.5. The van der Waals surface area contributed by atoms with Crippen LogP contribution in [0.15, 0.2) is 0 Å². The molecule has 2 unspecified atom stereocenters. The van der Waals surface area contributed by atoms with E-state index in [9.17, 15) is 14.4 Å². The van der Waals surface area contributed by atoms with Crippen molar-refractivity contribution in [3.8, 4) is 0 Å². The second kappa shape index (κ2) is 14.6. The Labute approximate surface area is 165 Å². The maximum atomic E-state index is 12.2. The van der Waals surface area contributed by atoms with Crippen LogP contribution in [0, 0.1) is 23.7 Å². The van der Waals surface area contributed by atoms with Crippen LogP contribution in [0.1, 0.15) is 85.5 Å². The number of carbonyl (C=O) groups is 3. The number of carbonyl (C=O) groups excluding carboxylic acids is 3. The van der Waals surface area contributed by atoms with E-state index in [4.69, 9.17) is 0 Å². The summed E-state index contributed by atoms with van der Waals surface area (Å²) < 4.78 is 9.08. The van der Waals surface area contributed by atoms with Gasteiger partial charge in [-0.1, -0.05) is 72.6 Å². The summed E-state index contributed by atoms with van der Waals surface area (Å²) >= 11 is 0. The monoisotopic (exact) mass is 384 g/mol. The van der Waals surface area contributed by atoms with E-state index in [-0.39, 0.29) is 6.42 Å². The van der Waals surface area contributed by atoms with Crippen molar-refractivity contribution in [1.82, 2.24) is 0 Å². The van der Waals surface area contributed by atoms with Crippen LogP contribution in [0.3, 0.4) is 0 Å². The number of Topliss-reactive ketones (excluding diaryl/α,β-unsaturated/α-hetero) is 1. The Kier molecular flexibility index (Phi) is 13.9. The average molecular weight is 385 g/mol. The molecule has 2 atom stereocenters. The Hall–Kier alpha value is -1.39. The molecule has 0 saturated heterocycles. The summed E-state index contributed by atoms with van der Waals surface area (Å²) in [6.07, 6.45) is 9.36. The third kappa shape index (κ3) is 11.8. The second-order valence-electron chi connectivity index (χ2n) is 8.30. The SMILES string of the molecule is COC(=O)C(C(=O)CCCC(C)CCCC(C)CCCC(C)C)C(=O)OC. The number of methoxy groups -OCH3 is 2. The lowest BCUT2D eigenvalue weighted by molar-refractivity contribution is -0.161. The van der Waals surface area contributed by atoms with Crippen LogP contribution in [-0.4, -0.2) is 31.9 Å². The van der Waals surface area contributed by atoms with Gasteiger partial charge in [-0.25, -0.2) is 0 Å². The zero-order chi connectivity index (χ0) is 20.8. The normalized spacial score (nSPS) is 13.5. The summed E-state index contributed by atoms with van der Waals surface area (Å²) in [6.45, 7) is 9.08. The summed E-state index contributed by atoms with van der Waals surface area (Å²) in [7, 11) is 2.33. The molecule has 0 heterocycles. The van der Waals surface area contributed by atoms with Gasteiger partial charge in [-0.2, -0.15) is 0 Å². The highest BCUT2D eigenvalue weighted by Crippen LogP contribution is 2.22. The standard InChI is InChI=1S/C22H40O5/c1-16(2)10-7-11-17(3)12-8-13-18(4)14-9-15-19(23)20(21(24)26-5)22(25)27-6/h16-18,20H,7-15H2,1-6H3. The molecule has 0 aliphatic heterocycles. The summed E-state index contributed by atoms with van der Waals surface area (Å²) in [6, 6.07) is 0. The minimum absolute atomic E-state index is 0.199. The molecule has 0 amide bonds. The number of ether oxygens (including phenoxy) is 2. The van der Waals surface area contributed by atoms with Gasteiger partial charge in [0.25, 0.3) is 0 Å². The smallest absolute Gasteiger partial charge is 0.327 e. The molecule has 0 radical (unpaired) electrons. The molecule has 5 nitrogen and oxygen atoms in total. The van der Waals surface area contributed by atoms with Crippen LogP contribution in [0.2, 0.25) is 0 Å². The molecule has 0 aromatic carbocycles. The van der Waals surface area contributed by atoms with E-state index in [1.54, 1.807) is 0 Å². The molecular formula is C22H40O5. The number of hydrogen-bond acceptors (Lipinski definition) is 5. The predicted octanol–water partition coefficient (Wildman–Crippen LogP) is 4.96. The lowest BCUT2D eigenvalue weighted by atomic mass is 9.91. The molecule has 27 heavy (non-hydrogen) atoms. The quantitative estimate of drug-likeness (QED) is 0.295. The van der Waals surface area contributed by atoms with E-state index in [2.05, 4.69) is 37.2 Å². The van der Waals surface area contributed by atoms with Crippen molar-refractivity contribution in [3.63, 3.8) is 0 Å². The van der Waals surface area contributed by atoms with Gasteiger partial charge in [-0.3, -0.25) is 14.4 Å². The van der Waals surface area contributed by atoms with E-state index < -0.39 is 23.6 Å². The molecule has 0 bridgehead atoms. The van der Waals surface area contributed by atoms with Gasteiger partial charge < -0.3 is 9.47 Å². The van der Waals surface area contributed by atoms with Crippen LogP contribution in [0.4, 0.5) is 0 Å². The number of rotatable bonds is 15. The maximum absolute atomic E-state index is 12.2. The van der Waals surface area contributed by atoms with E-state index in [0.29, 0.717) is 12.3 Å². The Bertz CT molecular complexity index is 428. The summed E-state index contributed by atoms with van der Waals surface area (Å²) in [5, 5.41) is 0. The molecule has 0 aromatic heterocycles. The van der Waals surface area contributed by atoms with Crippen LogP contribution in [0.25, 0.3) is 0 Å². The number of hydrogen-bond donors (Lipinski definition) is 0. The summed E-state index contributed by atoms with van der Waals surface area (Å²) in [4.78, 5) is 35.4. The first kappa shape index (κ1) is 25.6. The minimum atomic E-state index is -1.44. The van der Waals surface area contributed by atoms with E-state index in [0.717, 1.165) is 38.9 Å². The van der Waals surface area contributed by atoms with Gasteiger partial charge in [0.2, 0.25) is 5.92 Å². The Morgan fingerprint density at radius 2 is 1.07 bits per heavy atom. The molecule has 0 saturated carbocycles. The average Bonchev–Trinajstić information content (AvgIpc) is 2.61. The first-order valence-electron chi connectivity index (χ1n) is 10.4. The minimum Gasteiger partial charge on any atom is -0.468 e. The molecule has 0 aromatic rings. The van der Waals surface area contributed by atoms with Crippen molar-refractivity contribution in [2.75, 3.05) is 14.2 Å². The second-order valence-corrected chi connectivity index (χ2v) is 8.30. The molecular weight excluding hydrogens is 344 g/mol. The lowest BCUT2D eigenvalue weighted by Crippen LogP contribution is -2.33. The van der Waals surface area contributed by atoms with Gasteiger partial charge in [0.1, 0.15) is 0 Å². The molecule has 0 aliphatic carbocycles. The van der Waals surface area contributed by atoms with E-state index >= 15 is 0 Å². The van der Waals surface area contributed by atoms with Crippen molar-refractivity contribution in [1.29, 1.82) is 0 Å². The van der Waals surface area contributed by atoms with Gasteiger partial charge in [-0.05, 0) is 24.2 Å². The van der Waals surface area contributed by atoms with Crippen molar-refractivity contribution in [3.05, 3.63) is 0 Å². The molecule has 0 fully saturated rings. The first-order valence-corrected chi connectivity index (χ1v) is 10.4. The Balaban J connectivity index is 4.04. The van der Waals surface area contributed by atoms with Gasteiger partial charge >= 0.3 is 11.9 Å². The van der Waals surface area contributed by atoms with Crippen LogP contribution < -0.4 is 0 Å². The third-order valence-corrected chi connectivity index (χ3v) is 5.19. The van der Waals surface area contributed by atoms with Crippen LogP contribution in [-0.2, 0) is 23.9 Å². The summed E-state index contributed by atoms with van der Waals surface area (Å²) in [5.41, 5.74) is 0. The first-order chi connectivity index (χ1) is 12.7. The lowest BCUT2D eigenvalue weighted by Gasteiger charge is -2.15. The topological polar surface area (TPSA) is 69.7 Å². The van der Waals surface area contributed by atoms with Gasteiger partial charge in [0.05, 0.1) is 14.2 Å². The predicted molar refractivity (Wildman–Crippen MR) is 107 cm³/mol. The van der Waals surface area contributed by atoms with E-state index in [1.165, 1.54) is 32.1 Å². The Morgan fingerprint density at radius 1 is 0.667 bits per heavy atom. The third-order valence-electron chi connectivity index (χ3n) is 5.19. The van der Waals surface area contributed by atoms with Crippen molar-refractivity contribution < 1.29 is 23.9 Å². The van der Waals surface area contributed by atoms with Crippen LogP contribution >= 0.6 is 0 Å². The highest BCUT2D eigenvalue weighted by molar-refractivity contribution is 6.14. The molecule has 158 valence electrons. The zero-order valence-electron chi connectivity index (χ0n) is 18.2. The summed E-state index contributed by atoms with van der Waals surface area (Å²) in [5.74, 6) is -1.44. The fraction of sp³-hybridized carbons (Fsp3) is 0.864. The highest BCUT2D eigenvalue weighted by Gasteiger charge is 2.35.